The van der Waals surface area contributed by atoms with Crippen molar-refractivity contribution in [2.75, 3.05) is 36.0 Å². The third-order valence-electron chi connectivity index (χ3n) is 6.00. The Labute approximate surface area is 198 Å². The number of imide groups is 1. The highest BCUT2D eigenvalue weighted by Gasteiger charge is 2.40. The fourth-order valence-electron chi connectivity index (χ4n) is 4.24. The summed E-state index contributed by atoms with van der Waals surface area (Å²) < 4.78 is 10.9. The minimum absolute atomic E-state index is 0.156. The first kappa shape index (κ1) is 21.6. The lowest BCUT2D eigenvalue weighted by atomic mass is 9.97. The predicted octanol–water partition coefficient (Wildman–Crippen LogP) is 4.49. The van der Waals surface area contributed by atoms with Crippen LogP contribution in [0.1, 0.15) is 16.7 Å². The normalized spacial score (nSPS) is 14.8. The summed E-state index contributed by atoms with van der Waals surface area (Å²) in [6, 6.07) is 18.5. The molecule has 0 bridgehead atoms. The molecule has 0 aliphatic carbocycles. The summed E-state index contributed by atoms with van der Waals surface area (Å²) in [7, 11) is 3.88. The molecule has 5 rings (SSSR count). The van der Waals surface area contributed by atoms with Crippen molar-refractivity contribution in [3.05, 3.63) is 83.1 Å². The molecule has 2 aliphatic heterocycles. The Balaban J connectivity index is 1.59. The number of carbonyl (C=O) groups excluding carboxylic acids is 2. The summed E-state index contributed by atoms with van der Waals surface area (Å²) >= 11 is 0. The lowest BCUT2D eigenvalue weighted by Crippen LogP contribution is -2.32. The quantitative estimate of drug-likeness (QED) is 0.572. The number of ether oxygens (including phenoxy) is 2. The van der Waals surface area contributed by atoms with Gasteiger partial charge < -0.3 is 19.7 Å². The second kappa shape index (κ2) is 8.26. The number of carbonyl (C=O) groups is 2. The zero-order valence-corrected chi connectivity index (χ0v) is 19.5. The molecule has 0 saturated heterocycles. The van der Waals surface area contributed by atoms with Gasteiger partial charge in [0.25, 0.3) is 11.8 Å². The molecule has 2 aliphatic rings. The average molecular weight is 456 g/mol. The minimum Gasteiger partial charge on any atom is -0.454 e. The Bertz CT molecular complexity index is 1340. The number of fused-ring (bicyclic) bond motifs is 1. The number of benzene rings is 3. The highest BCUT2D eigenvalue weighted by atomic mass is 16.7. The van der Waals surface area contributed by atoms with E-state index in [1.54, 1.807) is 30.3 Å². The Kier molecular flexibility index (Phi) is 5.24. The first-order chi connectivity index (χ1) is 16.3. The summed E-state index contributed by atoms with van der Waals surface area (Å²) in [5.41, 5.74) is 5.43. The van der Waals surface area contributed by atoms with Crippen molar-refractivity contribution in [3.63, 3.8) is 0 Å². The van der Waals surface area contributed by atoms with Crippen molar-refractivity contribution < 1.29 is 19.1 Å². The van der Waals surface area contributed by atoms with E-state index in [9.17, 15) is 9.59 Å². The fraction of sp³-hybridized carbons (Fsp3) is 0.185. The van der Waals surface area contributed by atoms with Crippen LogP contribution in [0.2, 0.25) is 0 Å². The van der Waals surface area contributed by atoms with Crippen molar-refractivity contribution in [2.45, 2.75) is 13.8 Å². The predicted molar refractivity (Wildman–Crippen MR) is 132 cm³/mol. The van der Waals surface area contributed by atoms with Crippen LogP contribution >= 0.6 is 0 Å². The Hall–Kier alpha value is -4.26. The molecular weight excluding hydrogens is 430 g/mol. The van der Waals surface area contributed by atoms with Gasteiger partial charge in [-0.1, -0.05) is 23.8 Å². The minimum atomic E-state index is -0.407. The number of nitrogens with one attached hydrogen (secondary N) is 1. The van der Waals surface area contributed by atoms with Gasteiger partial charge in [0.2, 0.25) is 6.79 Å². The van der Waals surface area contributed by atoms with Crippen LogP contribution in [0.4, 0.5) is 17.1 Å². The molecular formula is C27H25N3O4. The number of nitrogens with zero attached hydrogens (tertiary/aromatic N) is 2. The molecule has 7 heteroatoms. The van der Waals surface area contributed by atoms with E-state index in [1.165, 1.54) is 4.90 Å². The molecule has 0 spiro atoms. The SMILES string of the molecule is Cc1ccc(C2=C(Nc3ccc4c(c3)OCO4)C(=O)N(c3ccc(N(C)C)cc3)C2=O)c(C)c1. The zero-order valence-electron chi connectivity index (χ0n) is 19.5. The standard InChI is InChI=1S/C27H25N3O4/c1-16-5-11-21(17(2)13-16)24-25(28-18-6-12-22-23(14-18)34-15-33-22)27(32)30(26(24)31)20-9-7-19(8-10-20)29(3)4/h5-14,28H,15H2,1-4H3. The van der Waals surface area contributed by atoms with Gasteiger partial charge in [-0.05, 0) is 61.4 Å². The van der Waals surface area contributed by atoms with Crippen molar-refractivity contribution in [1.29, 1.82) is 0 Å². The number of hydrogen-bond donors (Lipinski definition) is 1. The highest BCUT2D eigenvalue weighted by Crippen LogP contribution is 2.38. The summed E-state index contributed by atoms with van der Waals surface area (Å²) in [4.78, 5) is 30.6. The van der Waals surface area contributed by atoms with Gasteiger partial charge in [0.15, 0.2) is 11.5 Å². The van der Waals surface area contributed by atoms with E-state index in [0.717, 1.165) is 22.4 Å². The van der Waals surface area contributed by atoms with E-state index in [2.05, 4.69) is 5.32 Å². The molecule has 172 valence electrons. The molecule has 0 aromatic heterocycles. The number of amides is 2. The monoisotopic (exact) mass is 455 g/mol. The average Bonchev–Trinajstić information content (AvgIpc) is 3.36. The molecule has 1 N–H and O–H groups in total. The summed E-state index contributed by atoms with van der Waals surface area (Å²) in [6.07, 6.45) is 0. The molecule has 2 amide bonds. The first-order valence-electron chi connectivity index (χ1n) is 11.0. The van der Waals surface area contributed by atoms with Crippen molar-refractivity contribution >= 4 is 34.4 Å². The fourth-order valence-corrected chi connectivity index (χ4v) is 4.24. The maximum absolute atomic E-state index is 13.7. The second-order valence-corrected chi connectivity index (χ2v) is 8.62. The summed E-state index contributed by atoms with van der Waals surface area (Å²) in [6.45, 7) is 4.10. The number of aryl methyl sites for hydroxylation is 2. The van der Waals surface area contributed by atoms with Gasteiger partial charge in [-0.25, -0.2) is 4.90 Å². The van der Waals surface area contributed by atoms with Crippen LogP contribution in [0, 0.1) is 13.8 Å². The third-order valence-corrected chi connectivity index (χ3v) is 6.00. The van der Waals surface area contributed by atoms with Crippen LogP contribution < -0.4 is 24.6 Å². The van der Waals surface area contributed by atoms with Gasteiger partial charge >= 0.3 is 0 Å². The second-order valence-electron chi connectivity index (χ2n) is 8.62. The summed E-state index contributed by atoms with van der Waals surface area (Å²) in [5.74, 6) is 0.463. The number of anilines is 3. The van der Waals surface area contributed by atoms with Crippen molar-refractivity contribution in [2.24, 2.45) is 0 Å². The molecule has 7 nitrogen and oxygen atoms in total. The third kappa shape index (κ3) is 3.65. The van der Waals surface area contributed by atoms with E-state index < -0.39 is 5.91 Å². The lowest BCUT2D eigenvalue weighted by Gasteiger charge is -2.18. The van der Waals surface area contributed by atoms with Crippen LogP contribution in [0.3, 0.4) is 0 Å². The smallest absolute Gasteiger partial charge is 0.282 e. The zero-order chi connectivity index (χ0) is 24.0. The maximum atomic E-state index is 13.7. The molecule has 0 saturated carbocycles. The van der Waals surface area contributed by atoms with Crippen molar-refractivity contribution in [1.82, 2.24) is 0 Å². The van der Waals surface area contributed by atoms with E-state index in [1.807, 2.05) is 63.2 Å². The topological polar surface area (TPSA) is 71.1 Å². The van der Waals surface area contributed by atoms with Gasteiger partial charge in [0.05, 0.1) is 11.3 Å². The van der Waals surface area contributed by atoms with Crippen molar-refractivity contribution in [3.8, 4) is 11.5 Å². The van der Waals surface area contributed by atoms with Crippen LogP contribution in [0.5, 0.6) is 11.5 Å². The number of rotatable bonds is 5. The molecule has 2 heterocycles. The lowest BCUT2D eigenvalue weighted by molar-refractivity contribution is -0.120. The number of hydrogen-bond acceptors (Lipinski definition) is 6. The molecule has 0 fully saturated rings. The van der Waals surface area contributed by atoms with E-state index >= 15 is 0 Å². The first-order valence-corrected chi connectivity index (χ1v) is 11.0. The highest BCUT2D eigenvalue weighted by molar-refractivity contribution is 6.46. The van der Waals surface area contributed by atoms with E-state index in [-0.39, 0.29) is 18.4 Å². The van der Waals surface area contributed by atoms with Crippen LogP contribution in [0.25, 0.3) is 5.57 Å². The Morgan fingerprint density at radius 1 is 0.853 bits per heavy atom. The van der Waals surface area contributed by atoms with E-state index in [0.29, 0.717) is 28.4 Å². The molecule has 0 atom stereocenters. The van der Waals surface area contributed by atoms with E-state index in [4.69, 9.17) is 9.47 Å². The molecule has 0 unspecified atom stereocenters. The summed E-state index contributed by atoms with van der Waals surface area (Å²) in [5, 5.41) is 3.19. The van der Waals surface area contributed by atoms with Crippen LogP contribution in [-0.2, 0) is 9.59 Å². The van der Waals surface area contributed by atoms with Gasteiger partial charge in [0.1, 0.15) is 5.70 Å². The Morgan fingerprint density at radius 3 is 2.29 bits per heavy atom. The largest absolute Gasteiger partial charge is 0.454 e. The van der Waals surface area contributed by atoms with Crippen LogP contribution in [-0.4, -0.2) is 32.7 Å². The van der Waals surface area contributed by atoms with Gasteiger partial charge in [-0.2, -0.15) is 0 Å². The maximum Gasteiger partial charge on any atom is 0.282 e. The van der Waals surface area contributed by atoms with Gasteiger partial charge in [0, 0.05) is 31.5 Å². The molecule has 0 radical (unpaired) electrons. The van der Waals surface area contributed by atoms with Gasteiger partial charge in [-0.3, -0.25) is 9.59 Å². The Morgan fingerprint density at radius 2 is 1.59 bits per heavy atom. The molecule has 34 heavy (non-hydrogen) atoms. The van der Waals surface area contributed by atoms with Crippen LogP contribution in [0.15, 0.2) is 66.4 Å². The molecule has 3 aromatic rings. The van der Waals surface area contributed by atoms with Gasteiger partial charge in [-0.15, -0.1) is 0 Å². The molecule has 3 aromatic carbocycles.